The Bertz CT molecular complexity index is 651. The molecule has 0 aliphatic heterocycles. The first-order valence-electron chi connectivity index (χ1n) is 5.43. The van der Waals surface area contributed by atoms with Gasteiger partial charge in [0.15, 0.2) is 0 Å². The van der Waals surface area contributed by atoms with Crippen molar-refractivity contribution in [2.45, 2.75) is 12.4 Å². The first-order valence-corrected chi connectivity index (χ1v) is 6.24. The van der Waals surface area contributed by atoms with Crippen LogP contribution < -0.4 is 15.8 Å². The lowest BCUT2D eigenvalue weighted by atomic mass is 10.3. The fourth-order valence-corrected chi connectivity index (χ4v) is 2.75. The molecule has 1 heterocycles. The van der Waals surface area contributed by atoms with E-state index >= 15 is 0 Å². The molecule has 0 aliphatic rings. The molecular weight excluding hydrogens is 366 g/mol. The summed E-state index contributed by atoms with van der Waals surface area (Å²) in [6.07, 6.45) is -4.75. The van der Waals surface area contributed by atoms with E-state index in [-0.39, 0.29) is 30.6 Å². The van der Waals surface area contributed by atoms with Gasteiger partial charge in [0, 0.05) is 0 Å². The molecule has 1 atom stereocenters. The number of hydrogen-bond donors (Lipinski definition) is 2. The average Bonchev–Trinajstić information content (AvgIpc) is 2.69. The van der Waals surface area contributed by atoms with Gasteiger partial charge in [-0.15, -0.1) is 49.3 Å². The third kappa shape index (κ3) is 4.87. The first-order chi connectivity index (χ1) is 9.30. The van der Waals surface area contributed by atoms with E-state index in [1.165, 1.54) is 12.1 Å². The number of alkyl halides is 3. The summed E-state index contributed by atoms with van der Waals surface area (Å²) in [5.74, 6) is -0.946. The summed E-state index contributed by atoms with van der Waals surface area (Å²) in [7, 11) is 1.54. The molecule has 3 N–H and O–H groups in total. The Balaban J connectivity index is 0.00000220. The van der Waals surface area contributed by atoms with Gasteiger partial charge in [0.2, 0.25) is 5.91 Å². The van der Waals surface area contributed by atoms with Gasteiger partial charge in [-0.1, -0.05) is 0 Å². The summed E-state index contributed by atoms with van der Waals surface area (Å²) >= 11 is 1.08. The van der Waals surface area contributed by atoms with Crippen molar-refractivity contribution in [2.75, 3.05) is 7.05 Å². The molecule has 2 aromatic rings. The summed E-state index contributed by atoms with van der Waals surface area (Å²) in [6, 6.07) is 3.00. The number of nitrogens with two attached hydrogens (primary N) is 1. The van der Waals surface area contributed by atoms with Crippen molar-refractivity contribution in [3.8, 4) is 5.75 Å². The molecule has 0 saturated heterocycles. The van der Waals surface area contributed by atoms with Gasteiger partial charge in [-0.3, -0.25) is 4.79 Å². The highest BCUT2D eigenvalue weighted by Gasteiger charge is 2.31. The highest BCUT2D eigenvalue weighted by Crippen LogP contribution is 2.31. The van der Waals surface area contributed by atoms with Gasteiger partial charge in [0.1, 0.15) is 16.8 Å². The van der Waals surface area contributed by atoms with E-state index < -0.39 is 18.3 Å². The fourth-order valence-electron chi connectivity index (χ4n) is 1.63. The number of nitrogens with zero attached hydrogens (tertiary/aromatic N) is 1. The monoisotopic (exact) mass is 377 g/mol. The second kappa shape index (κ2) is 7.82. The van der Waals surface area contributed by atoms with Crippen LogP contribution in [0.15, 0.2) is 18.2 Å². The van der Waals surface area contributed by atoms with Crippen LogP contribution in [0.4, 0.5) is 13.2 Å². The van der Waals surface area contributed by atoms with Gasteiger partial charge in [0.05, 0.1) is 10.2 Å². The number of thiazole rings is 1. The van der Waals surface area contributed by atoms with E-state index in [0.717, 1.165) is 17.4 Å². The standard InChI is InChI=1S/C11H10F3N3O2S.2ClH/c1-16-8(9(15)18)10-17-6-3-2-5(4-7(6)20-10)19-11(12,13)14;;/h2-4,8,16H,1H3,(H2,15,18);2*1H. The predicted octanol–water partition coefficient (Wildman–Crippen LogP) is 2.78. The molecule has 0 fully saturated rings. The van der Waals surface area contributed by atoms with Crippen LogP contribution in [0.25, 0.3) is 10.2 Å². The van der Waals surface area contributed by atoms with Crippen molar-refractivity contribution < 1.29 is 22.7 Å². The maximum Gasteiger partial charge on any atom is 0.573 e. The minimum atomic E-state index is -4.75. The lowest BCUT2D eigenvalue weighted by molar-refractivity contribution is -0.274. The van der Waals surface area contributed by atoms with Crippen molar-refractivity contribution in [1.29, 1.82) is 0 Å². The number of amides is 1. The summed E-state index contributed by atoms with van der Waals surface area (Å²) in [5, 5.41) is 3.08. The summed E-state index contributed by atoms with van der Waals surface area (Å²) in [6.45, 7) is 0. The molecular formula is C11H12Cl2F3N3O2S. The second-order valence-electron chi connectivity index (χ2n) is 3.85. The summed E-state index contributed by atoms with van der Waals surface area (Å²) < 4.78 is 40.7. The van der Waals surface area contributed by atoms with Gasteiger partial charge in [-0.2, -0.15) is 0 Å². The van der Waals surface area contributed by atoms with Crippen LogP contribution in [0.1, 0.15) is 11.0 Å². The van der Waals surface area contributed by atoms with Crippen molar-refractivity contribution in [2.24, 2.45) is 5.73 Å². The zero-order valence-corrected chi connectivity index (χ0v) is 13.5. The Kier molecular flexibility index (Phi) is 7.36. The molecule has 1 aromatic heterocycles. The maximum absolute atomic E-state index is 12.1. The van der Waals surface area contributed by atoms with E-state index in [4.69, 9.17) is 5.73 Å². The lowest BCUT2D eigenvalue weighted by Crippen LogP contribution is -2.30. The quantitative estimate of drug-likeness (QED) is 0.858. The molecule has 1 amide bonds. The van der Waals surface area contributed by atoms with Crippen LogP contribution in [0.5, 0.6) is 5.75 Å². The van der Waals surface area contributed by atoms with Crippen molar-refractivity contribution >= 4 is 52.3 Å². The predicted molar refractivity (Wildman–Crippen MR) is 81.8 cm³/mol. The molecule has 124 valence electrons. The SMILES string of the molecule is CNC(C(N)=O)c1nc2ccc(OC(F)(F)F)cc2s1.Cl.Cl. The Hall–Kier alpha value is -1.29. The van der Waals surface area contributed by atoms with Crippen LogP contribution in [0, 0.1) is 0 Å². The van der Waals surface area contributed by atoms with Crippen molar-refractivity contribution in [3.05, 3.63) is 23.2 Å². The smallest absolute Gasteiger partial charge is 0.406 e. The van der Waals surface area contributed by atoms with Gasteiger partial charge in [-0.25, -0.2) is 4.98 Å². The van der Waals surface area contributed by atoms with Gasteiger partial charge < -0.3 is 15.8 Å². The minimum absolute atomic E-state index is 0. The van der Waals surface area contributed by atoms with Gasteiger partial charge in [-0.05, 0) is 25.2 Å². The molecule has 0 spiro atoms. The van der Waals surface area contributed by atoms with E-state index in [1.54, 1.807) is 7.05 Å². The number of rotatable bonds is 4. The summed E-state index contributed by atoms with van der Waals surface area (Å²) in [4.78, 5) is 15.4. The highest BCUT2D eigenvalue weighted by molar-refractivity contribution is 7.18. The molecule has 0 bridgehead atoms. The number of primary amides is 1. The summed E-state index contributed by atoms with van der Waals surface area (Å²) in [5.41, 5.74) is 5.68. The van der Waals surface area contributed by atoms with Crippen LogP contribution in [0.2, 0.25) is 0 Å². The van der Waals surface area contributed by atoms with Crippen molar-refractivity contribution in [1.82, 2.24) is 10.3 Å². The first kappa shape index (κ1) is 20.7. The van der Waals surface area contributed by atoms with E-state index in [0.29, 0.717) is 15.2 Å². The number of likely N-dealkylation sites (N-methyl/N-ethyl adjacent to an activating group) is 1. The molecule has 0 radical (unpaired) electrons. The average molecular weight is 378 g/mol. The molecule has 0 aliphatic carbocycles. The molecule has 5 nitrogen and oxygen atoms in total. The number of carbonyl (C=O) groups excluding carboxylic acids is 1. The topological polar surface area (TPSA) is 77.2 Å². The number of aromatic nitrogens is 1. The third-order valence-electron chi connectivity index (χ3n) is 2.43. The molecule has 0 saturated carbocycles. The zero-order chi connectivity index (χ0) is 14.9. The van der Waals surface area contributed by atoms with Crippen LogP contribution in [-0.2, 0) is 4.79 Å². The second-order valence-corrected chi connectivity index (χ2v) is 4.92. The number of benzene rings is 1. The number of hydrogen-bond acceptors (Lipinski definition) is 5. The van der Waals surface area contributed by atoms with Crippen molar-refractivity contribution in [3.63, 3.8) is 0 Å². The third-order valence-corrected chi connectivity index (χ3v) is 3.51. The molecule has 1 aromatic carbocycles. The minimum Gasteiger partial charge on any atom is -0.406 e. The maximum atomic E-state index is 12.1. The van der Waals surface area contributed by atoms with Crippen LogP contribution in [0.3, 0.4) is 0 Å². The van der Waals surface area contributed by atoms with Gasteiger partial charge >= 0.3 is 6.36 Å². The highest BCUT2D eigenvalue weighted by atomic mass is 35.5. The number of carbonyl (C=O) groups is 1. The van der Waals surface area contributed by atoms with E-state index in [1.807, 2.05) is 0 Å². The molecule has 22 heavy (non-hydrogen) atoms. The Morgan fingerprint density at radius 2 is 2.05 bits per heavy atom. The largest absolute Gasteiger partial charge is 0.573 e. The zero-order valence-electron chi connectivity index (χ0n) is 11.0. The van der Waals surface area contributed by atoms with E-state index in [9.17, 15) is 18.0 Å². The number of halogens is 5. The fraction of sp³-hybridized carbons (Fsp3) is 0.273. The number of nitrogens with one attached hydrogen (secondary N) is 1. The van der Waals surface area contributed by atoms with E-state index in [2.05, 4.69) is 15.0 Å². The molecule has 2 rings (SSSR count). The normalized spacial score (nSPS) is 12.2. The number of fused-ring (bicyclic) bond motifs is 1. The molecule has 1 unspecified atom stereocenters. The lowest BCUT2D eigenvalue weighted by Gasteiger charge is -2.07. The molecule has 11 heteroatoms. The Labute approximate surface area is 139 Å². The Morgan fingerprint density at radius 3 is 2.55 bits per heavy atom. The van der Waals surface area contributed by atoms with Crippen LogP contribution >= 0.6 is 36.2 Å². The van der Waals surface area contributed by atoms with Gasteiger partial charge in [0.25, 0.3) is 0 Å². The Morgan fingerprint density at radius 1 is 1.41 bits per heavy atom. The number of ether oxygens (including phenoxy) is 1. The van der Waals surface area contributed by atoms with Crippen LogP contribution in [-0.4, -0.2) is 24.3 Å².